The Morgan fingerprint density at radius 1 is 1.33 bits per heavy atom. The van der Waals surface area contributed by atoms with Crippen LogP contribution in [0.15, 0.2) is 23.6 Å². The molecule has 8 heteroatoms. The number of aryl methyl sites for hydroxylation is 1. The number of ether oxygens (including phenoxy) is 2. The summed E-state index contributed by atoms with van der Waals surface area (Å²) in [6.07, 6.45) is 0. The van der Waals surface area contributed by atoms with Crippen molar-refractivity contribution in [3.63, 3.8) is 0 Å². The van der Waals surface area contributed by atoms with E-state index in [9.17, 15) is 0 Å². The molecule has 2 N–H and O–H groups in total. The molecular weight excluding hydrogens is 362 g/mol. The van der Waals surface area contributed by atoms with Crippen LogP contribution in [0.3, 0.4) is 0 Å². The van der Waals surface area contributed by atoms with Gasteiger partial charge in [-0.05, 0) is 32.0 Å². The third kappa shape index (κ3) is 2.72. The molecule has 0 amide bonds. The molecule has 0 fully saturated rings. The first-order valence-electron chi connectivity index (χ1n) is 8.82. The van der Waals surface area contributed by atoms with Gasteiger partial charge in [-0.15, -0.1) is 11.3 Å². The topological polar surface area (TPSA) is 88.1 Å². The normalized spacial score (nSPS) is 16.7. The van der Waals surface area contributed by atoms with E-state index in [1.807, 2.05) is 30.5 Å². The number of rotatable bonds is 3. The highest BCUT2D eigenvalue weighted by Gasteiger charge is 2.24. The molecule has 0 aliphatic carbocycles. The molecule has 4 heterocycles. The molecule has 1 aliphatic heterocycles. The summed E-state index contributed by atoms with van der Waals surface area (Å²) in [5, 5.41) is 4.04. The number of aromatic nitrogens is 4. The number of nitrogens with two attached hydrogens (primary N) is 1. The minimum atomic E-state index is 0.186. The minimum absolute atomic E-state index is 0.186. The van der Waals surface area contributed by atoms with E-state index in [1.165, 1.54) is 0 Å². The Labute approximate surface area is 159 Å². The maximum Gasteiger partial charge on any atom is 0.152 e. The van der Waals surface area contributed by atoms with Gasteiger partial charge in [0.2, 0.25) is 0 Å². The van der Waals surface area contributed by atoms with Crippen molar-refractivity contribution in [3.05, 3.63) is 40.1 Å². The molecule has 1 atom stereocenters. The predicted molar refractivity (Wildman–Crippen MR) is 105 cm³/mol. The number of fused-ring (bicyclic) bond motifs is 5. The molecule has 0 bridgehead atoms. The molecule has 3 aromatic heterocycles. The van der Waals surface area contributed by atoms with Gasteiger partial charge in [0.1, 0.15) is 30.3 Å². The van der Waals surface area contributed by atoms with Gasteiger partial charge < -0.3 is 19.8 Å². The van der Waals surface area contributed by atoms with Crippen molar-refractivity contribution in [2.75, 3.05) is 12.3 Å². The van der Waals surface area contributed by atoms with Crippen LogP contribution >= 0.6 is 11.3 Å². The first-order valence-corrected chi connectivity index (χ1v) is 9.69. The van der Waals surface area contributed by atoms with Gasteiger partial charge in [0, 0.05) is 10.8 Å². The lowest BCUT2D eigenvalue weighted by atomic mass is 10.1. The predicted octanol–water partition coefficient (Wildman–Crippen LogP) is 3.60. The standard InChI is InChI=1S/C19H19N5O2S/c1-10-6-25-8-16-23-17-18(24(10)16)14-5-13(3-4-15(14)22-19(17)20)26-7-12-9-27-11(2)21-12/h3-5,9-10H,6-8H2,1-2H3,(H2,20,22)/t10-/m0/s1. The van der Waals surface area contributed by atoms with Crippen LogP contribution in [0.2, 0.25) is 0 Å². The van der Waals surface area contributed by atoms with Crippen molar-refractivity contribution < 1.29 is 9.47 Å². The lowest BCUT2D eigenvalue weighted by Crippen LogP contribution is -2.21. The van der Waals surface area contributed by atoms with Crippen LogP contribution in [0.25, 0.3) is 21.9 Å². The molecule has 138 valence electrons. The average Bonchev–Trinajstić information content (AvgIpc) is 3.25. The molecule has 5 rings (SSSR count). The highest BCUT2D eigenvalue weighted by Crippen LogP contribution is 2.34. The summed E-state index contributed by atoms with van der Waals surface area (Å²) in [4.78, 5) is 13.7. The van der Waals surface area contributed by atoms with Crippen molar-refractivity contribution in [2.24, 2.45) is 0 Å². The summed E-state index contributed by atoms with van der Waals surface area (Å²) in [5.41, 5.74) is 9.68. The number of benzene rings is 1. The van der Waals surface area contributed by atoms with Crippen LogP contribution in [-0.2, 0) is 18.0 Å². The van der Waals surface area contributed by atoms with E-state index < -0.39 is 0 Å². The summed E-state index contributed by atoms with van der Waals surface area (Å²) in [6.45, 7) is 5.69. The molecule has 0 spiro atoms. The Hall–Kier alpha value is -2.71. The van der Waals surface area contributed by atoms with E-state index in [0.717, 1.165) is 44.2 Å². The fourth-order valence-corrected chi connectivity index (χ4v) is 4.19. The second-order valence-electron chi connectivity index (χ2n) is 6.78. The van der Waals surface area contributed by atoms with Crippen LogP contribution < -0.4 is 10.5 Å². The van der Waals surface area contributed by atoms with Gasteiger partial charge in [-0.25, -0.2) is 15.0 Å². The Kier molecular flexibility index (Phi) is 3.76. The number of pyridine rings is 1. The Balaban J connectivity index is 1.63. The first-order chi connectivity index (χ1) is 13.1. The number of nitrogens with zero attached hydrogens (tertiary/aromatic N) is 4. The maximum absolute atomic E-state index is 6.19. The summed E-state index contributed by atoms with van der Waals surface area (Å²) in [7, 11) is 0. The largest absolute Gasteiger partial charge is 0.487 e. The number of hydrogen-bond acceptors (Lipinski definition) is 7. The summed E-state index contributed by atoms with van der Waals surface area (Å²) < 4.78 is 13.8. The number of imidazole rings is 1. The number of thiazole rings is 1. The van der Waals surface area contributed by atoms with E-state index >= 15 is 0 Å². The fraction of sp³-hybridized carbons (Fsp3) is 0.316. The maximum atomic E-state index is 6.19. The number of hydrogen-bond donors (Lipinski definition) is 1. The summed E-state index contributed by atoms with van der Waals surface area (Å²) in [6, 6.07) is 6.06. The second kappa shape index (κ2) is 6.17. The van der Waals surface area contributed by atoms with Gasteiger partial charge in [-0.3, -0.25) is 0 Å². The highest BCUT2D eigenvalue weighted by atomic mass is 32.1. The summed E-state index contributed by atoms with van der Waals surface area (Å²) in [5.74, 6) is 2.10. The molecule has 4 aromatic rings. The monoisotopic (exact) mass is 381 g/mol. The van der Waals surface area contributed by atoms with Crippen molar-refractivity contribution in [1.29, 1.82) is 0 Å². The zero-order chi connectivity index (χ0) is 18.5. The molecule has 0 unspecified atom stereocenters. The van der Waals surface area contributed by atoms with Crippen LogP contribution in [0, 0.1) is 6.92 Å². The number of nitrogen functional groups attached to an aromatic ring is 1. The smallest absolute Gasteiger partial charge is 0.152 e. The molecule has 0 saturated heterocycles. The van der Waals surface area contributed by atoms with E-state index in [0.29, 0.717) is 25.6 Å². The third-order valence-corrected chi connectivity index (χ3v) is 5.60. The fourth-order valence-electron chi connectivity index (χ4n) is 3.59. The van der Waals surface area contributed by atoms with Gasteiger partial charge in [0.15, 0.2) is 5.82 Å². The lowest BCUT2D eigenvalue weighted by molar-refractivity contribution is 0.0622. The van der Waals surface area contributed by atoms with E-state index in [2.05, 4.69) is 26.4 Å². The van der Waals surface area contributed by atoms with Gasteiger partial charge in [0.05, 0.1) is 34.4 Å². The number of anilines is 1. The Bertz CT molecular complexity index is 1170. The van der Waals surface area contributed by atoms with Crippen molar-refractivity contribution >= 4 is 39.1 Å². The quantitative estimate of drug-likeness (QED) is 0.583. The van der Waals surface area contributed by atoms with Crippen molar-refractivity contribution in [1.82, 2.24) is 19.5 Å². The van der Waals surface area contributed by atoms with Crippen LogP contribution in [0.1, 0.15) is 29.5 Å². The van der Waals surface area contributed by atoms with Gasteiger partial charge in [0.25, 0.3) is 0 Å². The second-order valence-corrected chi connectivity index (χ2v) is 7.84. The van der Waals surface area contributed by atoms with Crippen molar-refractivity contribution in [2.45, 2.75) is 33.1 Å². The minimum Gasteiger partial charge on any atom is -0.487 e. The lowest BCUT2D eigenvalue weighted by Gasteiger charge is -2.23. The van der Waals surface area contributed by atoms with E-state index in [1.54, 1.807) is 11.3 Å². The van der Waals surface area contributed by atoms with Crippen LogP contribution in [-0.4, -0.2) is 26.1 Å². The molecule has 1 aliphatic rings. The Morgan fingerprint density at radius 3 is 3.04 bits per heavy atom. The molecular formula is C19H19N5O2S. The first kappa shape index (κ1) is 16.5. The zero-order valence-corrected chi connectivity index (χ0v) is 15.9. The Morgan fingerprint density at radius 2 is 2.22 bits per heavy atom. The van der Waals surface area contributed by atoms with Crippen LogP contribution in [0.5, 0.6) is 5.75 Å². The van der Waals surface area contributed by atoms with Gasteiger partial charge >= 0.3 is 0 Å². The molecule has 0 radical (unpaired) electrons. The SMILES string of the molecule is Cc1nc(COc2ccc3nc(N)c4nc5n(c4c3c2)[C@@H](C)COC5)cs1. The van der Waals surface area contributed by atoms with E-state index in [-0.39, 0.29) is 6.04 Å². The van der Waals surface area contributed by atoms with Gasteiger partial charge in [-0.2, -0.15) is 0 Å². The molecule has 1 aromatic carbocycles. The van der Waals surface area contributed by atoms with E-state index in [4.69, 9.17) is 15.2 Å². The molecule has 0 saturated carbocycles. The van der Waals surface area contributed by atoms with Crippen molar-refractivity contribution in [3.8, 4) is 5.75 Å². The molecule has 7 nitrogen and oxygen atoms in total. The highest BCUT2D eigenvalue weighted by molar-refractivity contribution is 7.09. The van der Waals surface area contributed by atoms with Crippen LogP contribution in [0.4, 0.5) is 5.82 Å². The zero-order valence-electron chi connectivity index (χ0n) is 15.1. The average molecular weight is 381 g/mol. The van der Waals surface area contributed by atoms with Gasteiger partial charge in [-0.1, -0.05) is 0 Å². The summed E-state index contributed by atoms with van der Waals surface area (Å²) >= 11 is 1.62. The molecule has 27 heavy (non-hydrogen) atoms. The third-order valence-electron chi connectivity index (χ3n) is 4.78.